The van der Waals surface area contributed by atoms with Gasteiger partial charge in [0.25, 0.3) is 5.91 Å². The first-order valence-electron chi connectivity index (χ1n) is 8.77. The molecule has 134 valence electrons. The second-order valence-corrected chi connectivity index (χ2v) is 6.62. The van der Waals surface area contributed by atoms with Gasteiger partial charge in [-0.3, -0.25) is 4.79 Å². The molecule has 2 aliphatic rings. The van der Waals surface area contributed by atoms with Crippen LogP contribution in [0.5, 0.6) is 5.75 Å². The largest absolute Gasteiger partial charge is 0.493 e. The zero-order chi connectivity index (χ0) is 18.3. The standard InChI is InChI=1S/C20H21N3O3/c1-3-26-17-7-5-4-6-13(17)14-10-15-18(21-20(24)19(15)22-25)16-11-23(2)9-8-12(14)16/h4-7,10,25H,3,8-9,11H2,1-2H3,(H,21,22,24). The van der Waals surface area contributed by atoms with Crippen LogP contribution in [0.4, 0.5) is 5.69 Å². The Labute approximate surface area is 152 Å². The molecule has 0 unspecified atom stereocenters. The van der Waals surface area contributed by atoms with E-state index in [0.717, 1.165) is 47.6 Å². The number of nitrogens with one attached hydrogen (secondary N) is 1. The smallest absolute Gasteiger partial charge is 0.278 e. The lowest BCUT2D eigenvalue weighted by Crippen LogP contribution is -2.27. The Morgan fingerprint density at radius 1 is 1.23 bits per heavy atom. The number of amides is 1. The molecule has 2 heterocycles. The number of rotatable bonds is 3. The molecule has 2 aliphatic heterocycles. The number of carbonyl (C=O) groups excluding carboxylic acids is 1. The first-order chi connectivity index (χ1) is 12.6. The van der Waals surface area contributed by atoms with Crippen LogP contribution < -0.4 is 10.1 Å². The summed E-state index contributed by atoms with van der Waals surface area (Å²) in [6, 6.07) is 9.87. The van der Waals surface area contributed by atoms with Crippen LogP contribution in [0.1, 0.15) is 23.6 Å². The molecule has 0 saturated carbocycles. The van der Waals surface area contributed by atoms with Crippen LogP contribution in [-0.4, -0.2) is 41.9 Å². The number of ether oxygens (including phenoxy) is 1. The van der Waals surface area contributed by atoms with Crippen molar-refractivity contribution in [1.82, 2.24) is 4.90 Å². The van der Waals surface area contributed by atoms with Gasteiger partial charge in [-0.05, 0) is 49.2 Å². The van der Waals surface area contributed by atoms with Crippen molar-refractivity contribution in [2.75, 3.05) is 25.5 Å². The predicted octanol–water partition coefficient (Wildman–Crippen LogP) is 2.87. The molecule has 1 amide bonds. The SMILES string of the molecule is CCOc1ccccc1-c1cc2c(c3c1CCN(C)C3)NC(=O)/C2=N/O. The van der Waals surface area contributed by atoms with E-state index in [1.165, 1.54) is 5.56 Å². The summed E-state index contributed by atoms with van der Waals surface area (Å²) < 4.78 is 5.82. The molecular formula is C20H21N3O3. The number of anilines is 1. The van der Waals surface area contributed by atoms with Gasteiger partial charge in [0.05, 0.1) is 12.3 Å². The van der Waals surface area contributed by atoms with E-state index >= 15 is 0 Å². The van der Waals surface area contributed by atoms with Crippen molar-refractivity contribution in [2.45, 2.75) is 19.9 Å². The maximum absolute atomic E-state index is 12.2. The van der Waals surface area contributed by atoms with E-state index in [0.29, 0.717) is 12.2 Å². The second-order valence-electron chi connectivity index (χ2n) is 6.62. The molecule has 0 saturated heterocycles. The molecule has 6 nitrogen and oxygen atoms in total. The molecule has 0 fully saturated rings. The third-order valence-corrected chi connectivity index (χ3v) is 5.01. The quantitative estimate of drug-likeness (QED) is 0.659. The summed E-state index contributed by atoms with van der Waals surface area (Å²) in [6.07, 6.45) is 0.885. The summed E-state index contributed by atoms with van der Waals surface area (Å²) in [5.41, 5.74) is 5.81. The van der Waals surface area contributed by atoms with Crippen LogP contribution in [0.15, 0.2) is 35.5 Å². The van der Waals surface area contributed by atoms with Crippen molar-refractivity contribution in [1.29, 1.82) is 0 Å². The van der Waals surface area contributed by atoms with Gasteiger partial charge in [0.1, 0.15) is 5.75 Å². The third-order valence-electron chi connectivity index (χ3n) is 5.01. The lowest BCUT2D eigenvalue weighted by Gasteiger charge is -2.29. The fraction of sp³-hybridized carbons (Fsp3) is 0.300. The lowest BCUT2D eigenvalue weighted by atomic mass is 9.87. The molecule has 6 heteroatoms. The molecule has 0 spiro atoms. The van der Waals surface area contributed by atoms with Crippen molar-refractivity contribution < 1.29 is 14.7 Å². The predicted molar refractivity (Wildman–Crippen MR) is 100 cm³/mol. The molecule has 26 heavy (non-hydrogen) atoms. The molecule has 0 atom stereocenters. The highest BCUT2D eigenvalue weighted by Gasteiger charge is 2.33. The van der Waals surface area contributed by atoms with Gasteiger partial charge in [0, 0.05) is 24.2 Å². The number of hydrogen-bond acceptors (Lipinski definition) is 5. The van der Waals surface area contributed by atoms with Gasteiger partial charge in [-0.25, -0.2) is 0 Å². The number of oxime groups is 1. The topological polar surface area (TPSA) is 74.2 Å². The molecule has 2 aromatic rings. The molecule has 2 aromatic carbocycles. The Bertz CT molecular complexity index is 921. The Morgan fingerprint density at radius 2 is 2.04 bits per heavy atom. The second kappa shape index (κ2) is 6.46. The summed E-state index contributed by atoms with van der Waals surface area (Å²) in [4.78, 5) is 14.4. The minimum atomic E-state index is -0.367. The first-order valence-corrected chi connectivity index (χ1v) is 8.77. The van der Waals surface area contributed by atoms with Gasteiger partial charge in [0.2, 0.25) is 0 Å². The van der Waals surface area contributed by atoms with Crippen LogP contribution in [0.3, 0.4) is 0 Å². The summed E-state index contributed by atoms with van der Waals surface area (Å²) in [6.45, 7) is 4.23. The zero-order valence-electron chi connectivity index (χ0n) is 14.9. The van der Waals surface area contributed by atoms with Gasteiger partial charge in [-0.15, -0.1) is 0 Å². The fourth-order valence-corrected chi connectivity index (χ4v) is 3.83. The lowest BCUT2D eigenvalue weighted by molar-refractivity contribution is -0.110. The van der Waals surface area contributed by atoms with E-state index in [1.54, 1.807) is 0 Å². The number of likely N-dealkylation sites (N-methyl/N-ethyl adjacent to an activating group) is 1. The summed E-state index contributed by atoms with van der Waals surface area (Å²) in [7, 11) is 2.06. The van der Waals surface area contributed by atoms with Gasteiger partial charge in [-0.2, -0.15) is 0 Å². The van der Waals surface area contributed by atoms with E-state index in [9.17, 15) is 10.0 Å². The molecule has 2 N–H and O–H groups in total. The van der Waals surface area contributed by atoms with Crippen LogP contribution in [0, 0.1) is 0 Å². The highest BCUT2D eigenvalue weighted by molar-refractivity contribution is 6.54. The Balaban J connectivity index is 1.99. The molecule has 4 rings (SSSR count). The highest BCUT2D eigenvalue weighted by atomic mass is 16.5. The average molecular weight is 351 g/mol. The van der Waals surface area contributed by atoms with E-state index in [4.69, 9.17) is 4.74 Å². The van der Waals surface area contributed by atoms with E-state index in [-0.39, 0.29) is 11.6 Å². The van der Waals surface area contributed by atoms with Gasteiger partial charge < -0.3 is 20.2 Å². The van der Waals surface area contributed by atoms with Crippen molar-refractivity contribution in [3.05, 3.63) is 47.0 Å². The van der Waals surface area contributed by atoms with Crippen molar-refractivity contribution in [3.8, 4) is 16.9 Å². The number of benzene rings is 2. The van der Waals surface area contributed by atoms with Crippen molar-refractivity contribution in [3.63, 3.8) is 0 Å². The Morgan fingerprint density at radius 3 is 2.81 bits per heavy atom. The number of nitrogens with zero attached hydrogens (tertiary/aromatic N) is 2. The van der Waals surface area contributed by atoms with Gasteiger partial charge in [0.15, 0.2) is 5.71 Å². The van der Waals surface area contributed by atoms with Crippen LogP contribution in [0.2, 0.25) is 0 Å². The zero-order valence-corrected chi connectivity index (χ0v) is 14.9. The number of fused-ring (bicyclic) bond motifs is 3. The maximum Gasteiger partial charge on any atom is 0.278 e. The van der Waals surface area contributed by atoms with E-state index in [1.807, 2.05) is 37.3 Å². The summed E-state index contributed by atoms with van der Waals surface area (Å²) in [5.74, 6) is 0.448. The van der Waals surface area contributed by atoms with Crippen molar-refractivity contribution in [2.24, 2.45) is 5.16 Å². The third kappa shape index (κ3) is 2.54. The van der Waals surface area contributed by atoms with Gasteiger partial charge >= 0.3 is 0 Å². The van der Waals surface area contributed by atoms with Crippen LogP contribution in [-0.2, 0) is 17.8 Å². The molecule has 0 radical (unpaired) electrons. The monoisotopic (exact) mass is 351 g/mol. The van der Waals surface area contributed by atoms with E-state index < -0.39 is 0 Å². The van der Waals surface area contributed by atoms with Crippen LogP contribution >= 0.6 is 0 Å². The molecule has 0 aliphatic carbocycles. The average Bonchev–Trinajstić information content (AvgIpc) is 2.97. The number of hydrogen-bond donors (Lipinski definition) is 2. The maximum atomic E-state index is 12.2. The molecule has 0 bridgehead atoms. The molecular weight excluding hydrogens is 330 g/mol. The normalized spacial score (nSPS) is 17.8. The fourth-order valence-electron chi connectivity index (χ4n) is 3.83. The number of carbonyl (C=O) groups is 1. The first kappa shape index (κ1) is 16.6. The van der Waals surface area contributed by atoms with Gasteiger partial charge in [-0.1, -0.05) is 23.4 Å². The Hall–Kier alpha value is -2.86. The highest BCUT2D eigenvalue weighted by Crippen LogP contribution is 2.42. The van der Waals surface area contributed by atoms with E-state index in [2.05, 4.69) is 22.4 Å². The Kier molecular flexibility index (Phi) is 4.12. The minimum Gasteiger partial charge on any atom is -0.493 e. The summed E-state index contributed by atoms with van der Waals surface area (Å²) >= 11 is 0. The number of para-hydroxylation sites is 1. The molecule has 0 aromatic heterocycles. The van der Waals surface area contributed by atoms with Crippen molar-refractivity contribution >= 4 is 17.3 Å². The minimum absolute atomic E-state index is 0.0613. The summed E-state index contributed by atoms with van der Waals surface area (Å²) in [5, 5.41) is 15.4. The van der Waals surface area contributed by atoms with Crippen LogP contribution in [0.25, 0.3) is 11.1 Å².